The van der Waals surface area contributed by atoms with Crippen molar-refractivity contribution in [1.29, 1.82) is 0 Å². The van der Waals surface area contributed by atoms with E-state index in [1.54, 1.807) is 24.0 Å². The highest BCUT2D eigenvalue weighted by Gasteiger charge is 2.38. The van der Waals surface area contributed by atoms with Crippen LogP contribution >= 0.6 is 0 Å². The largest absolute Gasteiger partial charge is 0.394 e. The molecule has 1 saturated heterocycles. The number of ether oxygens (including phenoxy) is 1. The summed E-state index contributed by atoms with van der Waals surface area (Å²) in [5.41, 5.74) is 0.710. The Hall–Kier alpha value is -3.11. The number of rotatable bonds is 4. The Morgan fingerprint density at radius 2 is 2.15 bits per heavy atom. The van der Waals surface area contributed by atoms with Gasteiger partial charge < -0.3 is 9.84 Å². The van der Waals surface area contributed by atoms with Crippen LogP contribution in [0.15, 0.2) is 46.4 Å². The molecule has 0 saturated carbocycles. The predicted octanol–water partition coefficient (Wildman–Crippen LogP) is 0.0196. The number of pyridine rings is 1. The number of nitrogens with one attached hydrogen (secondary N) is 1. The molecule has 2 N–H and O–H groups in total. The smallest absolute Gasteiger partial charge is 0.330 e. The molecule has 27 heavy (non-hydrogen) atoms. The molecule has 1 fully saturated rings. The predicted molar refractivity (Wildman–Crippen MR) is 94.0 cm³/mol. The highest BCUT2D eigenvalue weighted by Crippen LogP contribution is 2.36. The zero-order valence-corrected chi connectivity index (χ0v) is 14.5. The van der Waals surface area contributed by atoms with E-state index in [4.69, 9.17) is 4.74 Å². The molecular formula is C17H18N6O4. The summed E-state index contributed by atoms with van der Waals surface area (Å²) in [5.74, 6) is 0. The van der Waals surface area contributed by atoms with E-state index < -0.39 is 23.6 Å². The quantitative estimate of drug-likeness (QED) is 0.662. The van der Waals surface area contributed by atoms with Crippen LogP contribution in [0, 0.1) is 6.92 Å². The van der Waals surface area contributed by atoms with Gasteiger partial charge in [0.05, 0.1) is 24.5 Å². The van der Waals surface area contributed by atoms with Gasteiger partial charge in [-0.25, -0.2) is 9.48 Å². The molecule has 4 heterocycles. The normalized spacial score (nSPS) is 22.2. The zero-order valence-electron chi connectivity index (χ0n) is 14.5. The monoisotopic (exact) mass is 370 g/mol. The average Bonchev–Trinajstić information content (AvgIpc) is 3.32. The van der Waals surface area contributed by atoms with Crippen molar-refractivity contribution in [3.63, 3.8) is 0 Å². The van der Waals surface area contributed by atoms with Gasteiger partial charge in [0.25, 0.3) is 5.56 Å². The standard InChI is InChI=1S/C17H18N6O4/c1-10-7-22(17(26)19-16(10)25)15-6-13(14(9-24)27-15)23-8-12(20-21-23)11-4-2-3-5-18-11/h2-5,7-8,13-15,24H,6,9H2,1H3,(H,19,25,26)/t13?,14-,15?/m1/s1. The molecule has 0 aliphatic carbocycles. The second-order valence-corrected chi connectivity index (χ2v) is 6.39. The minimum Gasteiger partial charge on any atom is -0.394 e. The Balaban J connectivity index is 1.63. The van der Waals surface area contributed by atoms with Gasteiger partial charge in [-0.2, -0.15) is 0 Å². The van der Waals surface area contributed by atoms with E-state index in [-0.39, 0.29) is 12.6 Å². The Morgan fingerprint density at radius 1 is 1.30 bits per heavy atom. The van der Waals surface area contributed by atoms with Crippen LogP contribution in [0.4, 0.5) is 0 Å². The van der Waals surface area contributed by atoms with Crippen molar-refractivity contribution in [1.82, 2.24) is 29.5 Å². The van der Waals surface area contributed by atoms with Gasteiger partial charge in [-0.15, -0.1) is 5.10 Å². The number of aliphatic hydroxyl groups is 1. The minimum atomic E-state index is -0.627. The summed E-state index contributed by atoms with van der Waals surface area (Å²) in [6.45, 7) is 1.37. The highest BCUT2D eigenvalue weighted by molar-refractivity contribution is 5.51. The van der Waals surface area contributed by atoms with Crippen molar-refractivity contribution in [3.8, 4) is 11.4 Å². The van der Waals surface area contributed by atoms with Crippen LogP contribution in [-0.4, -0.2) is 47.3 Å². The van der Waals surface area contributed by atoms with E-state index >= 15 is 0 Å². The van der Waals surface area contributed by atoms with Crippen molar-refractivity contribution in [2.75, 3.05) is 6.61 Å². The summed E-state index contributed by atoms with van der Waals surface area (Å²) in [4.78, 5) is 30.2. The van der Waals surface area contributed by atoms with E-state index in [1.807, 2.05) is 18.2 Å². The van der Waals surface area contributed by atoms with E-state index in [0.717, 1.165) is 0 Å². The number of aryl methyl sites for hydroxylation is 1. The van der Waals surface area contributed by atoms with Gasteiger partial charge in [-0.05, 0) is 19.1 Å². The fraction of sp³-hybridized carbons (Fsp3) is 0.353. The fourth-order valence-corrected chi connectivity index (χ4v) is 3.20. The number of aliphatic hydroxyl groups excluding tert-OH is 1. The van der Waals surface area contributed by atoms with Crippen LogP contribution in [0.5, 0.6) is 0 Å². The third-order valence-electron chi connectivity index (χ3n) is 4.62. The van der Waals surface area contributed by atoms with E-state index in [0.29, 0.717) is 23.4 Å². The lowest BCUT2D eigenvalue weighted by Gasteiger charge is -2.15. The molecule has 2 unspecified atom stereocenters. The Labute approximate surface area is 153 Å². The van der Waals surface area contributed by atoms with Crippen molar-refractivity contribution in [2.24, 2.45) is 0 Å². The highest BCUT2D eigenvalue weighted by atomic mass is 16.5. The Bertz CT molecular complexity index is 1060. The number of aromatic amines is 1. The third-order valence-corrected chi connectivity index (χ3v) is 4.62. The number of H-pyrrole nitrogens is 1. The number of aromatic nitrogens is 6. The second kappa shape index (κ2) is 6.89. The molecule has 0 bridgehead atoms. The van der Waals surface area contributed by atoms with Gasteiger partial charge in [0.2, 0.25) is 0 Å². The lowest BCUT2D eigenvalue weighted by Crippen LogP contribution is -2.33. The SMILES string of the molecule is Cc1cn(C2CC(n3cc(-c4ccccn4)nn3)[C@@H](CO)O2)c(=O)[nH]c1=O. The van der Waals surface area contributed by atoms with Crippen molar-refractivity contribution < 1.29 is 9.84 Å². The maximum absolute atomic E-state index is 12.1. The van der Waals surface area contributed by atoms with Gasteiger partial charge in [0, 0.05) is 24.4 Å². The molecule has 3 atom stereocenters. The molecule has 0 spiro atoms. The summed E-state index contributed by atoms with van der Waals surface area (Å²) in [6.07, 6.45) is 4.07. The number of hydrogen-bond acceptors (Lipinski definition) is 7. The molecule has 0 radical (unpaired) electrons. The maximum atomic E-state index is 12.1. The first-order valence-corrected chi connectivity index (χ1v) is 8.48. The van der Waals surface area contributed by atoms with Crippen LogP contribution in [0.2, 0.25) is 0 Å². The first-order valence-electron chi connectivity index (χ1n) is 8.48. The lowest BCUT2D eigenvalue weighted by molar-refractivity contribution is -0.0323. The molecule has 1 aliphatic rings. The van der Waals surface area contributed by atoms with Gasteiger partial charge in [0.1, 0.15) is 18.0 Å². The lowest BCUT2D eigenvalue weighted by atomic mass is 10.1. The second-order valence-electron chi connectivity index (χ2n) is 6.39. The van der Waals surface area contributed by atoms with Crippen molar-refractivity contribution >= 4 is 0 Å². The molecule has 0 aromatic carbocycles. The Kier molecular flexibility index (Phi) is 4.42. The van der Waals surface area contributed by atoms with Crippen LogP contribution in [0.3, 0.4) is 0 Å². The van der Waals surface area contributed by atoms with Crippen molar-refractivity contribution in [3.05, 3.63) is 63.2 Å². The molecular weight excluding hydrogens is 352 g/mol. The third kappa shape index (κ3) is 3.20. The van der Waals surface area contributed by atoms with Crippen LogP contribution in [0.1, 0.15) is 24.3 Å². The summed E-state index contributed by atoms with van der Waals surface area (Å²) < 4.78 is 8.79. The first-order chi connectivity index (χ1) is 13.1. The number of hydrogen-bond donors (Lipinski definition) is 2. The molecule has 4 rings (SSSR count). The average molecular weight is 370 g/mol. The minimum absolute atomic E-state index is 0.239. The van der Waals surface area contributed by atoms with Crippen LogP contribution < -0.4 is 11.2 Å². The van der Waals surface area contributed by atoms with Gasteiger partial charge in [-0.1, -0.05) is 11.3 Å². The number of nitrogens with zero attached hydrogens (tertiary/aromatic N) is 5. The molecule has 10 nitrogen and oxygen atoms in total. The van der Waals surface area contributed by atoms with Gasteiger partial charge >= 0.3 is 5.69 Å². The van der Waals surface area contributed by atoms with Crippen LogP contribution in [-0.2, 0) is 4.74 Å². The molecule has 1 aliphatic heterocycles. The van der Waals surface area contributed by atoms with E-state index in [2.05, 4.69) is 20.3 Å². The summed E-state index contributed by atoms with van der Waals surface area (Å²) >= 11 is 0. The van der Waals surface area contributed by atoms with E-state index in [1.165, 1.54) is 10.8 Å². The first kappa shape index (κ1) is 17.3. The summed E-state index contributed by atoms with van der Waals surface area (Å²) in [5, 5.41) is 18.0. The fourth-order valence-electron chi connectivity index (χ4n) is 3.20. The molecule has 3 aromatic rings. The maximum Gasteiger partial charge on any atom is 0.330 e. The summed E-state index contributed by atoms with van der Waals surface area (Å²) in [6, 6.07) is 5.19. The van der Waals surface area contributed by atoms with Crippen LogP contribution in [0.25, 0.3) is 11.4 Å². The zero-order chi connectivity index (χ0) is 19.0. The summed E-state index contributed by atoms with van der Waals surface area (Å²) in [7, 11) is 0. The molecule has 140 valence electrons. The molecule has 3 aromatic heterocycles. The molecule has 0 amide bonds. The van der Waals surface area contributed by atoms with Gasteiger partial charge in [0.15, 0.2) is 0 Å². The van der Waals surface area contributed by atoms with E-state index in [9.17, 15) is 14.7 Å². The topological polar surface area (TPSA) is 128 Å². The Morgan fingerprint density at radius 3 is 2.89 bits per heavy atom. The van der Waals surface area contributed by atoms with Gasteiger partial charge in [-0.3, -0.25) is 19.3 Å². The van der Waals surface area contributed by atoms with Crippen molar-refractivity contribution in [2.45, 2.75) is 31.7 Å². The molecule has 10 heteroatoms.